The molecule has 0 spiro atoms. The highest BCUT2D eigenvalue weighted by Gasteiger charge is 2.26. The number of carboxylic acid groups (broad SMARTS) is 1. The van der Waals surface area contributed by atoms with Gasteiger partial charge in [0.15, 0.2) is 9.90 Å². The van der Waals surface area contributed by atoms with E-state index in [1.54, 1.807) is 7.05 Å². The molecule has 0 radical (unpaired) electrons. The molecule has 10 heteroatoms. The number of aryl methyl sites for hydroxylation is 1. The molecule has 2 aromatic heterocycles. The Kier molecular flexibility index (Phi) is 3.05. The largest absolute Gasteiger partial charge is 0.476 e. The number of thiazole rings is 1. The summed E-state index contributed by atoms with van der Waals surface area (Å²) in [5.41, 5.74) is 0.677. The quantitative estimate of drug-likeness (QED) is 0.840. The second kappa shape index (κ2) is 4.38. The Bertz CT molecular complexity index is 688. The molecule has 0 aliphatic heterocycles. The van der Waals surface area contributed by atoms with Crippen molar-refractivity contribution in [2.75, 3.05) is 4.72 Å². The summed E-state index contributed by atoms with van der Waals surface area (Å²) in [6.45, 7) is 0. The second-order valence-electron chi connectivity index (χ2n) is 3.24. The number of nitrogens with zero attached hydrogens (tertiary/aromatic N) is 3. The number of carbonyl (C=O) groups is 1. The van der Waals surface area contributed by atoms with Gasteiger partial charge in [-0.25, -0.2) is 18.2 Å². The highest BCUT2D eigenvalue weighted by Crippen LogP contribution is 2.22. The molecule has 0 aliphatic rings. The monoisotopic (exact) mass is 288 g/mol. The standard InChI is InChI=1S/C8H8N4O4S2/c1-12-5(2-3-10-12)11-18(15,16)8-6(7(13)14)9-4-17-8/h2-4,11H,1H3,(H,13,14). The number of nitrogens with one attached hydrogen (secondary N) is 1. The molecule has 0 aromatic carbocycles. The first-order chi connectivity index (χ1) is 8.42. The van der Waals surface area contributed by atoms with E-state index in [-0.39, 0.29) is 10.0 Å². The van der Waals surface area contributed by atoms with E-state index in [1.807, 2.05) is 0 Å². The van der Waals surface area contributed by atoms with E-state index in [0.717, 1.165) is 11.3 Å². The molecule has 0 amide bonds. The van der Waals surface area contributed by atoms with Crippen molar-refractivity contribution in [1.29, 1.82) is 0 Å². The molecule has 0 fully saturated rings. The molecular weight excluding hydrogens is 280 g/mol. The number of rotatable bonds is 4. The lowest BCUT2D eigenvalue weighted by Gasteiger charge is -2.06. The maximum absolute atomic E-state index is 12.0. The van der Waals surface area contributed by atoms with Gasteiger partial charge in [0.25, 0.3) is 10.0 Å². The number of hydrogen-bond acceptors (Lipinski definition) is 6. The number of hydrogen-bond donors (Lipinski definition) is 2. The van der Waals surface area contributed by atoms with Crippen molar-refractivity contribution >= 4 is 33.1 Å². The van der Waals surface area contributed by atoms with Gasteiger partial charge < -0.3 is 5.11 Å². The average molecular weight is 288 g/mol. The van der Waals surface area contributed by atoms with Gasteiger partial charge in [-0.15, -0.1) is 11.3 Å². The summed E-state index contributed by atoms with van der Waals surface area (Å²) in [7, 11) is -2.42. The highest BCUT2D eigenvalue weighted by molar-refractivity contribution is 7.94. The Hall–Kier alpha value is -1.94. The number of carboxylic acids is 1. The van der Waals surface area contributed by atoms with Crippen molar-refractivity contribution in [2.24, 2.45) is 7.05 Å². The maximum Gasteiger partial charge on any atom is 0.356 e. The predicted octanol–water partition coefficient (Wildman–Crippen LogP) is 0.376. The number of aromatic nitrogens is 3. The molecule has 0 aliphatic carbocycles. The van der Waals surface area contributed by atoms with E-state index in [0.29, 0.717) is 0 Å². The van der Waals surface area contributed by atoms with Crippen LogP contribution >= 0.6 is 11.3 Å². The van der Waals surface area contributed by atoms with E-state index in [4.69, 9.17) is 5.11 Å². The van der Waals surface area contributed by atoms with E-state index < -0.39 is 21.7 Å². The van der Waals surface area contributed by atoms with Crippen LogP contribution in [0.5, 0.6) is 0 Å². The average Bonchev–Trinajstić information content (AvgIpc) is 2.88. The van der Waals surface area contributed by atoms with E-state index in [1.165, 1.54) is 22.5 Å². The van der Waals surface area contributed by atoms with Crippen LogP contribution in [0.2, 0.25) is 0 Å². The van der Waals surface area contributed by atoms with Crippen molar-refractivity contribution < 1.29 is 18.3 Å². The van der Waals surface area contributed by atoms with Gasteiger partial charge in [0, 0.05) is 13.1 Å². The Balaban J connectivity index is 2.40. The van der Waals surface area contributed by atoms with Crippen LogP contribution in [0.3, 0.4) is 0 Å². The van der Waals surface area contributed by atoms with Crippen LogP contribution in [0, 0.1) is 0 Å². The lowest BCUT2D eigenvalue weighted by molar-refractivity contribution is 0.0687. The molecule has 2 rings (SSSR count). The Morgan fingerprint density at radius 3 is 2.83 bits per heavy atom. The van der Waals surface area contributed by atoms with E-state index in [2.05, 4.69) is 14.8 Å². The van der Waals surface area contributed by atoms with Gasteiger partial charge in [-0.05, 0) is 0 Å². The van der Waals surface area contributed by atoms with Gasteiger partial charge in [-0.3, -0.25) is 9.40 Å². The summed E-state index contributed by atoms with van der Waals surface area (Å²) in [5.74, 6) is -1.15. The third kappa shape index (κ3) is 2.19. The van der Waals surface area contributed by atoms with Gasteiger partial charge in [-0.1, -0.05) is 0 Å². The molecule has 2 heterocycles. The van der Waals surface area contributed by atoms with Gasteiger partial charge in [0.2, 0.25) is 0 Å². The van der Waals surface area contributed by atoms with Crippen LogP contribution in [-0.4, -0.2) is 34.3 Å². The first-order valence-electron chi connectivity index (χ1n) is 4.59. The van der Waals surface area contributed by atoms with Crippen LogP contribution in [0.4, 0.5) is 5.82 Å². The molecule has 96 valence electrons. The summed E-state index contributed by atoms with van der Waals surface area (Å²) >= 11 is 0.740. The molecule has 0 saturated carbocycles. The van der Waals surface area contributed by atoms with Crippen LogP contribution in [0.1, 0.15) is 10.5 Å². The predicted molar refractivity (Wildman–Crippen MR) is 63.1 cm³/mol. The first-order valence-corrected chi connectivity index (χ1v) is 6.95. The number of sulfonamides is 1. The molecule has 0 saturated heterocycles. The molecule has 18 heavy (non-hydrogen) atoms. The summed E-state index contributed by atoms with van der Waals surface area (Å²) in [4.78, 5) is 14.3. The second-order valence-corrected chi connectivity index (χ2v) is 5.97. The summed E-state index contributed by atoms with van der Waals surface area (Å²) in [6.07, 6.45) is 1.42. The third-order valence-corrected chi connectivity index (χ3v) is 4.77. The zero-order valence-corrected chi connectivity index (χ0v) is 10.7. The fraction of sp³-hybridized carbons (Fsp3) is 0.125. The Morgan fingerprint density at radius 1 is 1.56 bits per heavy atom. The molecular formula is C8H8N4O4S2. The van der Waals surface area contributed by atoms with E-state index in [9.17, 15) is 13.2 Å². The zero-order chi connectivity index (χ0) is 13.3. The maximum atomic E-state index is 12.0. The van der Waals surface area contributed by atoms with Crippen molar-refractivity contribution in [3.63, 3.8) is 0 Å². The Labute approximate surface area is 106 Å². The zero-order valence-electron chi connectivity index (χ0n) is 9.06. The molecule has 2 aromatic rings. The lowest BCUT2D eigenvalue weighted by Crippen LogP contribution is -2.17. The minimum atomic E-state index is -3.97. The molecule has 0 bridgehead atoms. The Morgan fingerprint density at radius 2 is 2.28 bits per heavy atom. The fourth-order valence-electron chi connectivity index (χ4n) is 1.23. The summed E-state index contributed by atoms with van der Waals surface area (Å²) in [6, 6.07) is 1.46. The van der Waals surface area contributed by atoms with Crippen molar-refractivity contribution in [3.05, 3.63) is 23.5 Å². The van der Waals surface area contributed by atoms with Crippen LogP contribution in [0.15, 0.2) is 22.0 Å². The molecule has 0 atom stereocenters. The van der Waals surface area contributed by atoms with Crippen LogP contribution in [-0.2, 0) is 17.1 Å². The lowest BCUT2D eigenvalue weighted by atomic mass is 10.5. The SMILES string of the molecule is Cn1nccc1NS(=O)(=O)c1scnc1C(=O)O. The minimum Gasteiger partial charge on any atom is -0.476 e. The van der Waals surface area contributed by atoms with Crippen LogP contribution < -0.4 is 4.72 Å². The van der Waals surface area contributed by atoms with E-state index >= 15 is 0 Å². The highest BCUT2D eigenvalue weighted by atomic mass is 32.2. The van der Waals surface area contributed by atoms with Gasteiger partial charge in [0.05, 0.1) is 11.7 Å². The van der Waals surface area contributed by atoms with Gasteiger partial charge in [-0.2, -0.15) is 5.10 Å². The topological polar surface area (TPSA) is 114 Å². The minimum absolute atomic E-state index is 0.236. The summed E-state index contributed by atoms with van der Waals surface area (Å²) < 4.78 is 27.2. The van der Waals surface area contributed by atoms with Crippen LogP contribution in [0.25, 0.3) is 0 Å². The molecule has 2 N–H and O–H groups in total. The smallest absolute Gasteiger partial charge is 0.356 e. The first kappa shape index (κ1) is 12.5. The van der Waals surface area contributed by atoms with Gasteiger partial charge >= 0.3 is 5.97 Å². The number of aromatic carboxylic acids is 1. The molecule has 0 unspecified atom stereocenters. The third-order valence-electron chi connectivity index (χ3n) is 2.04. The van der Waals surface area contributed by atoms with Crippen molar-refractivity contribution in [3.8, 4) is 0 Å². The van der Waals surface area contributed by atoms with Gasteiger partial charge in [0.1, 0.15) is 5.82 Å². The van der Waals surface area contributed by atoms with Crippen molar-refractivity contribution in [2.45, 2.75) is 4.21 Å². The normalized spacial score (nSPS) is 11.4. The number of anilines is 1. The summed E-state index contributed by atoms with van der Waals surface area (Å²) in [5, 5.41) is 12.6. The van der Waals surface area contributed by atoms with Crippen molar-refractivity contribution in [1.82, 2.24) is 14.8 Å². The fourth-order valence-corrected chi connectivity index (χ4v) is 3.46. The molecule has 8 nitrogen and oxygen atoms in total.